The van der Waals surface area contributed by atoms with E-state index in [2.05, 4.69) is 0 Å². The van der Waals surface area contributed by atoms with Gasteiger partial charge in [0.15, 0.2) is 5.69 Å². The predicted molar refractivity (Wildman–Crippen MR) is 96.8 cm³/mol. The summed E-state index contributed by atoms with van der Waals surface area (Å²) in [5.74, 6) is -1.47. The number of nitrogens with two attached hydrogens (primary N) is 1. The van der Waals surface area contributed by atoms with Gasteiger partial charge in [0.1, 0.15) is 0 Å². The molecule has 2 aromatic carbocycles. The van der Waals surface area contributed by atoms with Crippen LogP contribution in [-0.2, 0) is 16.4 Å². The lowest BCUT2D eigenvalue weighted by atomic mass is 10.1. The Labute approximate surface area is 157 Å². The van der Waals surface area contributed by atoms with Gasteiger partial charge in [0, 0.05) is 11.9 Å². The minimum atomic E-state index is -5.74. The van der Waals surface area contributed by atoms with Crippen molar-refractivity contribution in [3.63, 3.8) is 0 Å². The molecule has 28 heavy (non-hydrogen) atoms. The number of nitrogens with zero attached hydrogens (tertiary/aromatic N) is 1. The normalized spacial score (nSPS) is 12.4. The lowest BCUT2D eigenvalue weighted by Crippen LogP contribution is -2.24. The van der Waals surface area contributed by atoms with Gasteiger partial charge >= 0.3 is 11.5 Å². The fourth-order valence-electron chi connectivity index (χ4n) is 3.17. The standard InChI is InChI=1S/C18H15F3N2O4S/c1-10-7-8-12-13(16(10)28(26,27)18(19,20)21)14(22)15(17(24)25)23(12)9-11-5-3-2-4-6-11/h2-8H,9,22H2,1H3,(H,24,25). The number of aromatic nitrogens is 1. The van der Waals surface area contributed by atoms with E-state index in [-0.39, 0.29) is 17.6 Å². The van der Waals surface area contributed by atoms with E-state index in [0.717, 1.165) is 0 Å². The number of rotatable bonds is 4. The molecular weight excluding hydrogens is 397 g/mol. The Hall–Kier alpha value is -3.01. The van der Waals surface area contributed by atoms with Gasteiger partial charge in [0.2, 0.25) is 0 Å². The number of sulfone groups is 1. The molecule has 0 fully saturated rings. The molecule has 0 aliphatic heterocycles. The van der Waals surface area contributed by atoms with Crippen LogP contribution in [0, 0.1) is 6.92 Å². The minimum Gasteiger partial charge on any atom is -0.477 e. The molecule has 3 rings (SSSR count). The van der Waals surface area contributed by atoms with Crippen LogP contribution in [0.3, 0.4) is 0 Å². The number of nitrogen functional groups attached to an aromatic ring is 1. The van der Waals surface area contributed by atoms with Crippen LogP contribution in [-0.4, -0.2) is 29.6 Å². The van der Waals surface area contributed by atoms with Crippen LogP contribution in [0.5, 0.6) is 0 Å². The van der Waals surface area contributed by atoms with Crippen LogP contribution < -0.4 is 5.73 Å². The van der Waals surface area contributed by atoms with Crippen molar-refractivity contribution in [2.24, 2.45) is 0 Å². The highest BCUT2D eigenvalue weighted by Crippen LogP contribution is 2.41. The van der Waals surface area contributed by atoms with Gasteiger partial charge in [-0.05, 0) is 24.1 Å². The largest absolute Gasteiger partial charge is 0.501 e. The number of halogens is 3. The number of fused-ring (bicyclic) bond motifs is 1. The summed E-state index contributed by atoms with van der Waals surface area (Å²) in [4.78, 5) is 10.7. The molecule has 0 aliphatic rings. The van der Waals surface area contributed by atoms with Crippen molar-refractivity contribution in [1.82, 2.24) is 4.57 Å². The number of alkyl halides is 3. The number of aromatic carboxylic acids is 1. The van der Waals surface area contributed by atoms with Gasteiger partial charge in [-0.1, -0.05) is 36.4 Å². The molecular formula is C18H15F3N2O4S. The number of hydrogen-bond acceptors (Lipinski definition) is 4. The van der Waals surface area contributed by atoms with Crippen LogP contribution in [0.2, 0.25) is 0 Å². The Balaban J connectivity index is 2.43. The van der Waals surface area contributed by atoms with Crippen molar-refractivity contribution >= 4 is 32.4 Å². The molecule has 0 spiro atoms. The van der Waals surface area contributed by atoms with E-state index < -0.39 is 43.0 Å². The first-order valence-corrected chi connectivity index (χ1v) is 9.45. The Bertz CT molecular complexity index is 1180. The highest BCUT2D eigenvalue weighted by molar-refractivity contribution is 7.92. The monoisotopic (exact) mass is 412 g/mol. The van der Waals surface area contributed by atoms with Crippen molar-refractivity contribution in [3.05, 3.63) is 59.3 Å². The van der Waals surface area contributed by atoms with Crippen LogP contribution in [0.25, 0.3) is 10.9 Å². The Morgan fingerprint density at radius 3 is 2.29 bits per heavy atom. The third-order valence-electron chi connectivity index (χ3n) is 4.38. The van der Waals surface area contributed by atoms with E-state index in [4.69, 9.17) is 5.73 Å². The van der Waals surface area contributed by atoms with Crippen LogP contribution >= 0.6 is 0 Å². The quantitative estimate of drug-likeness (QED) is 0.682. The predicted octanol–water partition coefficient (Wildman–Crippen LogP) is 3.57. The molecule has 0 radical (unpaired) electrons. The Morgan fingerprint density at radius 1 is 1.14 bits per heavy atom. The van der Waals surface area contributed by atoms with Crippen molar-refractivity contribution in [2.45, 2.75) is 23.9 Å². The van der Waals surface area contributed by atoms with E-state index in [1.807, 2.05) is 0 Å². The molecule has 0 bridgehead atoms. The minimum absolute atomic E-state index is 0.00724. The molecule has 1 aromatic heterocycles. The fraction of sp³-hybridized carbons (Fsp3) is 0.167. The molecule has 1 heterocycles. The van der Waals surface area contributed by atoms with Crippen molar-refractivity contribution in [3.8, 4) is 0 Å². The number of carboxylic acid groups (broad SMARTS) is 1. The maximum absolute atomic E-state index is 13.2. The van der Waals surface area contributed by atoms with Gasteiger partial charge in [0.25, 0.3) is 9.84 Å². The second-order valence-electron chi connectivity index (χ2n) is 6.19. The molecule has 10 heteroatoms. The number of aryl methyl sites for hydroxylation is 1. The van der Waals surface area contributed by atoms with Crippen molar-refractivity contribution < 1.29 is 31.5 Å². The van der Waals surface area contributed by atoms with E-state index in [1.165, 1.54) is 23.6 Å². The zero-order chi connectivity index (χ0) is 20.9. The number of anilines is 1. The SMILES string of the molecule is Cc1ccc2c(c(N)c(C(=O)O)n2Cc2ccccc2)c1S(=O)(=O)C(F)(F)F. The molecule has 3 aromatic rings. The zero-order valence-corrected chi connectivity index (χ0v) is 15.3. The third kappa shape index (κ3) is 2.99. The molecule has 0 atom stereocenters. The first kappa shape index (κ1) is 19.7. The van der Waals surface area contributed by atoms with Gasteiger partial charge in [-0.15, -0.1) is 0 Å². The molecule has 148 valence electrons. The van der Waals surface area contributed by atoms with Crippen LogP contribution in [0.1, 0.15) is 21.6 Å². The summed E-state index contributed by atoms with van der Waals surface area (Å²) in [6.45, 7) is 1.19. The van der Waals surface area contributed by atoms with Gasteiger partial charge in [-0.2, -0.15) is 13.2 Å². The summed E-state index contributed by atoms with van der Waals surface area (Å²) < 4.78 is 65.2. The average Bonchev–Trinajstić information content (AvgIpc) is 2.86. The molecule has 0 amide bonds. The molecule has 0 aliphatic carbocycles. The van der Waals surface area contributed by atoms with E-state index in [0.29, 0.717) is 5.56 Å². The smallest absolute Gasteiger partial charge is 0.477 e. The first-order valence-electron chi connectivity index (χ1n) is 7.96. The molecule has 3 N–H and O–H groups in total. The average molecular weight is 412 g/mol. The maximum Gasteiger partial charge on any atom is 0.501 e. The second kappa shape index (κ2) is 6.55. The molecule has 0 saturated heterocycles. The summed E-state index contributed by atoms with van der Waals surface area (Å²) in [6.07, 6.45) is 0. The van der Waals surface area contributed by atoms with E-state index in [1.54, 1.807) is 30.3 Å². The van der Waals surface area contributed by atoms with Gasteiger partial charge in [-0.3, -0.25) is 0 Å². The number of carboxylic acids is 1. The lowest BCUT2D eigenvalue weighted by molar-refractivity contribution is -0.0435. The van der Waals surface area contributed by atoms with Gasteiger partial charge in [0.05, 0.1) is 16.1 Å². The maximum atomic E-state index is 13.2. The van der Waals surface area contributed by atoms with Crippen LogP contribution in [0.4, 0.5) is 18.9 Å². The molecule has 0 unspecified atom stereocenters. The zero-order valence-electron chi connectivity index (χ0n) is 14.5. The Kier molecular flexibility index (Phi) is 4.62. The number of hydrogen-bond donors (Lipinski definition) is 2. The van der Waals surface area contributed by atoms with Gasteiger partial charge in [-0.25, -0.2) is 13.2 Å². The topological polar surface area (TPSA) is 102 Å². The summed E-state index contributed by atoms with van der Waals surface area (Å²) in [6, 6.07) is 11.2. The van der Waals surface area contributed by atoms with Crippen molar-refractivity contribution in [1.29, 1.82) is 0 Å². The summed E-state index contributed by atoms with van der Waals surface area (Å²) in [7, 11) is -5.74. The first-order chi connectivity index (χ1) is 13.0. The van der Waals surface area contributed by atoms with E-state index >= 15 is 0 Å². The third-order valence-corrected chi connectivity index (χ3v) is 6.05. The second-order valence-corrected chi connectivity index (χ2v) is 8.07. The number of benzene rings is 2. The molecule has 0 saturated carbocycles. The number of carbonyl (C=O) groups is 1. The highest BCUT2D eigenvalue weighted by Gasteiger charge is 2.49. The summed E-state index contributed by atoms with van der Waals surface area (Å²) >= 11 is 0. The van der Waals surface area contributed by atoms with Gasteiger partial charge < -0.3 is 15.4 Å². The lowest BCUT2D eigenvalue weighted by Gasteiger charge is -2.13. The summed E-state index contributed by atoms with van der Waals surface area (Å²) in [5.41, 5.74) is -0.188. The molecule has 6 nitrogen and oxygen atoms in total. The highest BCUT2D eigenvalue weighted by atomic mass is 32.2. The Morgan fingerprint density at radius 2 is 1.75 bits per heavy atom. The summed E-state index contributed by atoms with van der Waals surface area (Å²) in [5, 5.41) is 9.14. The van der Waals surface area contributed by atoms with Crippen molar-refractivity contribution in [2.75, 3.05) is 5.73 Å². The van der Waals surface area contributed by atoms with E-state index in [9.17, 15) is 31.5 Å². The van der Waals surface area contributed by atoms with Crippen LogP contribution in [0.15, 0.2) is 47.4 Å². The fourth-order valence-corrected chi connectivity index (χ4v) is 4.38.